The molecule has 3 heterocycles. The highest BCUT2D eigenvalue weighted by molar-refractivity contribution is 7.10. The molecule has 2 aromatic heterocycles. The van der Waals surface area contributed by atoms with Gasteiger partial charge in [-0.2, -0.15) is 0 Å². The van der Waals surface area contributed by atoms with Gasteiger partial charge in [-0.05, 0) is 30.5 Å². The van der Waals surface area contributed by atoms with Crippen LogP contribution in [0.1, 0.15) is 29.0 Å². The maximum Gasteiger partial charge on any atom is 0.338 e. The second-order valence-corrected chi connectivity index (χ2v) is 9.83. The number of esters is 1. The van der Waals surface area contributed by atoms with Crippen LogP contribution in [0.2, 0.25) is 0 Å². The van der Waals surface area contributed by atoms with Gasteiger partial charge in [0.2, 0.25) is 0 Å². The van der Waals surface area contributed by atoms with Crippen molar-refractivity contribution >= 4 is 40.4 Å². The summed E-state index contributed by atoms with van der Waals surface area (Å²) >= 11 is 2.65. The standard InChI is InChI=1S/C27H22N2O5S2/c1-3-34-26(32)21-22(16-9-5-4-6-10-16)28-27-29(23(21)19-13-8-14-35-19)25(31)20(36-27)15-17-11-7-12-18(33-2)24(17)30/h4-15,23,30H,3H2,1-2H3. The van der Waals surface area contributed by atoms with Crippen molar-refractivity contribution in [3.05, 3.63) is 107 Å². The molecule has 4 aromatic rings. The van der Waals surface area contributed by atoms with Crippen molar-refractivity contribution in [3.8, 4) is 11.5 Å². The molecule has 0 bridgehead atoms. The zero-order chi connectivity index (χ0) is 25.2. The fraction of sp³-hybridized carbons (Fsp3) is 0.148. The Morgan fingerprint density at radius 3 is 2.64 bits per heavy atom. The number of methoxy groups -OCH3 is 1. The van der Waals surface area contributed by atoms with Gasteiger partial charge in [-0.1, -0.05) is 59.9 Å². The highest BCUT2D eigenvalue weighted by Crippen LogP contribution is 2.37. The summed E-state index contributed by atoms with van der Waals surface area (Å²) in [4.78, 5) is 33.1. The van der Waals surface area contributed by atoms with Gasteiger partial charge in [0.05, 0.1) is 29.5 Å². The molecule has 0 saturated carbocycles. The maximum atomic E-state index is 13.8. The number of para-hydroxylation sites is 1. The fourth-order valence-corrected chi connectivity index (χ4v) is 5.93. The topological polar surface area (TPSA) is 90.1 Å². The van der Waals surface area contributed by atoms with E-state index in [4.69, 9.17) is 14.5 Å². The number of benzene rings is 2. The minimum absolute atomic E-state index is 0.0576. The van der Waals surface area contributed by atoms with Crippen LogP contribution >= 0.6 is 22.7 Å². The number of hydrogen-bond donors (Lipinski definition) is 1. The van der Waals surface area contributed by atoms with Crippen LogP contribution in [-0.4, -0.2) is 29.4 Å². The summed E-state index contributed by atoms with van der Waals surface area (Å²) in [5, 5.41) is 12.5. The van der Waals surface area contributed by atoms with Crippen LogP contribution in [0.25, 0.3) is 11.8 Å². The van der Waals surface area contributed by atoms with Gasteiger partial charge in [0.25, 0.3) is 5.56 Å². The highest BCUT2D eigenvalue weighted by atomic mass is 32.1. The summed E-state index contributed by atoms with van der Waals surface area (Å²) in [5.41, 5.74) is 1.68. The molecule has 182 valence electrons. The Morgan fingerprint density at radius 1 is 1.14 bits per heavy atom. The second kappa shape index (κ2) is 9.96. The Kier molecular flexibility index (Phi) is 6.58. The van der Waals surface area contributed by atoms with Crippen LogP contribution in [-0.2, 0) is 9.53 Å². The van der Waals surface area contributed by atoms with Gasteiger partial charge in [-0.25, -0.2) is 9.79 Å². The molecular weight excluding hydrogens is 496 g/mol. The minimum atomic E-state index is -0.698. The predicted molar refractivity (Wildman–Crippen MR) is 140 cm³/mol. The van der Waals surface area contributed by atoms with Gasteiger partial charge in [-0.3, -0.25) is 9.36 Å². The molecule has 0 amide bonds. The van der Waals surface area contributed by atoms with Crippen LogP contribution in [0, 0.1) is 0 Å². The van der Waals surface area contributed by atoms with Crippen molar-refractivity contribution in [2.75, 3.05) is 13.7 Å². The van der Waals surface area contributed by atoms with Crippen molar-refractivity contribution in [3.63, 3.8) is 0 Å². The third-order valence-corrected chi connectivity index (χ3v) is 7.63. The molecule has 0 saturated heterocycles. The molecule has 0 fully saturated rings. The minimum Gasteiger partial charge on any atom is -0.504 e. The number of carbonyl (C=O) groups excluding carboxylic acids is 1. The number of phenols is 1. The average molecular weight is 519 g/mol. The predicted octanol–water partition coefficient (Wildman–Crippen LogP) is 3.71. The number of aromatic nitrogens is 1. The van der Waals surface area contributed by atoms with Crippen molar-refractivity contribution in [2.24, 2.45) is 4.99 Å². The summed E-state index contributed by atoms with van der Waals surface area (Å²) in [5.74, 6) is -0.264. The van der Waals surface area contributed by atoms with Gasteiger partial charge >= 0.3 is 5.97 Å². The number of nitrogens with zero attached hydrogens (tertiary/aromatic N) is 2. The number of carbonyl (C=O) groups is 1. The van der Waals surface area contributed by atoms with E-state index in [0.717, 1.165) is 10.4 Å². The van der Waals surface area contributed by atoms with Gasteiger partial charge in [0, 0.05) is 16.0 Å². The highest BCUT2D eigenvalue weighted by Gasteiger charge is 2.35. The molecule has 1 atom stereocenters. The fourth-order valence-electron chi connectivity index (χ4n) is 4.12. The molecule has 36 heavy (non-hydrogen) atoms. The van der Waals surface area contributed by atoms with Crippen molar-refractivity contribution in [1.82, 2.24) is 4.57 Å². The third-order valence-electron chi connectivity index (χ3n) is 5.72. The Morgan fingerprint density at radius 2 is 1.94 bits per heavy atom. The molecular formula is C27H22N2O5S2. The first-order chi connectivity index (χ1) is 17.5. The lowest BCUT2D eigenvalue weighted by Gasteiger charge is -2.24. The lowest BCUT2D eigenvalue weighted by Crippen LogP contribution is -2.39. The Hall–Kier alpha value is -3.95. The van der Waals surface area contributed by atoms with Gasteiger partial charge in [0.1, 0.15) is 6.04 Å². The van der Waals surface area contributed by atoms with Crippen LogP contribution in [0.3, 0.4) is 0 Å². The zero-order valence-electron chi connectivity index (χ0n) is 19.5. The smallest absolute Gasteiger partial charge is 0.338 e. The number of phenolic OH excluding ortho intramolecular Hbond substituents is 1. The number of ether oxygens (including phenoxy) is 2. The number of hydrogen-bond acceptors (Lipinski definition) is 8. The lowest BCUT2D eigenvalue weighted by molar-refractivity contribution is -0.138. The molecule has 0 spiro atoms. The monoisotopic (exact) mass is 518 g/mol. The van der Waals surface area contributed by atoms with Crippen molar-refractivity contribution in [1.29, 1.82) is 0 Å². The molecule has 0 aliphatic carbocycles. The van der Waals surface area contributed by atoms with E-state index in [1.54, 1.807) is 31.2 Å². The number of fused-ring (bicyclic) bond motifs is 1. The molecule has 9 heteroatoms. The van der Waals surface area contributed by atoms with Crippen LogP contribution in [0.4, 0.5) is 0 Å². The molecule has 1 N–H and O–H groups in total. The number of aromatic hydroxyl groups is 1. The van der Waals surface area contributed by atoms with Gasteiger partial charge in [0.15, 0.2) is 16.3 Å². The first-order valence-electron chi connectivity index (χ1n) is 11.2. The Labute approximate surface area is 214 Å². The van der Waals surface area contributed by atoms with Crippen LogP contribution in [0.5, 0.6) is 11.5 Å². The lowest BCUT2D eigenvalue weighted by atomic mass is 9.97. The SMILES string of the molecule is CCOC(=O)C1=C(c2ccccc2)N=c2sc(=Cc3cccc(OC)c3O)c(=O)n2C1c1cccs1. The summed E-state index contributed by atoms with van der Waals surface area (Å²) in [7, 11) is 1.47. The Bertz CT molecular complexity index is 1630. The summed E-state index contributed by atoms with van der Waals surface area (Å²) < 4.78 is 12.6. The Balaban J connectivity index is 1.81. The van der Waals surface area contributed by atoms with Crippen molar-refractivity contribution < 1.29 is 19.4 Å². The van der Waals surface area contributed by atoms with Gasteiger partial charge < -0.3 is 14.6 Å². The van der Waals surface area contributed by atoms with E-state index in [2.05, 4.69) is 0 Å². The van der Waals surface area contributed by atoms with Crippen molar-refractivity contribution in [2.45, 2.75) is 13.0 Å². The van der Waals surface area contributed by atoms with E-state index in [1.807, 2.05) is 47.8 Å². The first-order valence-corrected chi connectivity index (χ1v) is 12.9. The number of thiophene rings is 1. The summed E-state index contributed by atoms with van der Waals surface area (Å²) in [6.45, 7) is 1.94. The van der Waals surface area contributed by atoms with E-state index in [-0.39, 0.29) is 17.9 Å². The van der Waals surface area contributed by atoms with E-state index < -0.39 is 12.0 Å². The molecule has 2 aromatic carbocycles. The molecule has 0 radical (unpaired) electrons. The number of thiazole rings is 1. The van der Waals surface area contributed by atoms with E-state index >= 15 is 0 Å². The van der Waals surface area contributed by atoms with E-state index in [9.17, 15) is 14.7 Å². The molecule has 5 rings (SSSR count). The van der Waals surface area contributed by atoms with Gasteiger partial charge in [-0.15, -0.1) is 11.3 Å². The molecule has 7 nitrogen and oxygen atoms in total. The van der Waals surface area contributed by atoms with Crippen LogP contribution < -0.4 is 19.6 Å². The summed E-state index contributed by atoms with van der Waals surface area (Å²) in [6, 6.07) is 17.6. The van der Waals surface area contributed by atoms with E-state index in [1.165, 1.54) is 34.4 Å². The van der Waals surface area contributed by atoms with Crippen LogP contribution in [0.15, 0.2) is 81.4 Å². The molecule has 1 aliphatic rings. The first kappa shape index (κ1) is 23.8. The summed E-state index contributed by atoms with van der Waals surface area (Å²) in [6.07, 6.45) is 1.61. The normalized spacial score (nSPS) is 15.4. The third kappa shape index (κ3) is 4.16. The number of rotatable bonds is 6. The second-order valence-electron chi connectivity index (χ2n) is 7.85. The molecule has 1 unspecified atom stereocenters. The largest absolute Gasteiger partial charge is 0.504 e. The zero-order valence-corrected chi connectivity index (χ0v) is 21.1. The average Bonchev–Trinajstić information content (AvgIpc) is 3.53. The quantitative estimate of drug-likeness (QED) is 0.393. The maximum absolute atomic E-state index is 13.8. The van der Waals surface area contributed by atoms with E-state index in [0.29, 0.717) is 31.9 Å². The molecule has 1 aliphatic heterocycles.